The monoisotopic (exact) mass is 304 g/mol. The van der Waals surface area contributed by atoms with E-state index in [9.17, 15) is 0 Å². The minimum Gasteiger partial charge on any atom is -0.143 e. The maximum absolute atomic E-state index is 3.52. The summed E-state index contributed by atoms with van der Waals surface area (Å²) in [6.07, 6.45) is 0. The molecule has 0 bridgehead atoms. The molecule has 0 spiro atoms. The van der Waals surface area contributed by atoms with Gasteiger partial charge in [-0.2, -0.15) is 0 Å². The second-order valence-electron chi connectivity index (χ2n) is 2.68. The molecule has 1 heterocycles. The molecular formula is C9H6Br2S. The highest BCUT2D eigenvalue weighted by molar-refractivity contribution is 9.11. The normalized spacial score (nSPS) is 10.9. The summed E-state index contributed by atoms with van der Waals surface area (Å²) >= 11 is 8.80. The second kappa shape index (κ2) is 3.13. The predicted octanol–water partition coefficient (Wildman–Crippen LogP) is 4.73. The molecule has 0 atom stereocenters. The first kappa shape index (κ1) is 8.73. The second-order valence-corrected chi connectivity index (χ2v) is 5.30. The van der Waals surface area contributed by atoms with Crippen molar-refractivity contribution in [3.63, 3.8) is 0 Å². The number of fused-ring (bicyclic) bond motifs is 1. The third-order valence-corrected chi connectivity index (χ3v) is 4.57. The van der Waals surface area contributed by atoms with Crippen molar-refractivity contribution >= 4 is 53.3 Å². The first-order valence-electron chi connectivity index (χ1n) is 3.51. The van der Waals surface area contributed by atoms with Crippen LogP contribution < -0.4 is 0 Å². The highest BCUT2D eigenvalue weighted by Crippen LogP contribution is 2.33. The van der Waals surface area contributed by atoms with Crippen LogP contribution in [0.4, 0.5) is 0 Å². The van der Waals surface area contributed by atoms with E-state index in [0.29, 0.717) is 0 Å². The van der Waals surface area contributed by atoms with E-state index in [1.165, 1.54) is 24.6 Å². The standard InChI is InChI=1S/C9H6Br2S/c1-5-2-6-8(11)4-12-9(6)3-7(5)10/h2-4H,1H3. The van der Waals surface area contributed by atoms with E-state index in [1.54, 1.807) is 11.3 Å². The van der Waals surface area contributed by atoms with Gasteiger partial charge in [0.2, 0.25) is 0 Å². The van der Waals surface area contributed by atoms with Crippen LogP contribution in [0.3, 0.4) is 0 Å². The minimum atomic E-state index is 1.18. The summed E-state index contributed by atoms with van der Waals surface area (Å²) in [7, 11) is 0. The number of halogens is 2. The molecule has 0 radical (unpaired) electrons. The summed E-state index contributed by atoms with van der Waals surface area (Å²) in [6, 6.07) is 4.36. The van der Waals surface area contributed by atoms with E-state index < -0.39 is 0 Å². The van der Waals surface area contributed by atoms with Crippen molar-refractivity contribution in [3.05, 3.63) is 32.0 Å². The molecule has 1 aromatic carbocycles. The molecule has 12 heavy (non-hydrogen) atoms. The van der Waals surface area contributed by atoms with Gasteiger partial charge in [-0.25, -0.2) is 0 Å². The zero-order chi connectivity index (χ0) is 8.72. The Balaban J connectivity index is 2.87. The fraction of sp³-hybridized carbons (Fsp3) is 0.111. The maximum Gasteiger partial charge on any atom is 0.0365 e. The van der Waals surface area contributed by atoms with Gasteiger partial charge in [0, 0.05) is 24.4 Å². The molecule has 3 heteroatoms. The number of thiophene rings is 1. The molecule has 1 aromatic heterocycles. The van der Waals surface area contributed by atoms with Gasteiger partial charge in [0.15, 0.2) is 0 Å². The molecule has 0 nitrogen and oxygen atoms in total. The third kappa shape index (κ3) is 1.34. The van der Waals surface area contributed by atoms with E-state index in [1.807, 2.05) is 0 Å². The van der Waals surface area contributed by atoms with Gasteiger partial charge in [-0.3, -0.25) is 0 Å². The van der Waals surface area contributed by atoms with Gasteiger partial charge >= 0.3 is 0 Å². The fourth-order valence-electron chi connectivity index (χ4n) is 1.13. The van der Waals surface area contributed by atoms with E-state index in [4.69, 9.17) is 0 Å². The third-order valence-electron chi connectivity index (χ3n) is 1.81. The number of hydrogen-bond donors (Lipinski definition) is 0. The number of hydrogen-bond acceptors (Lipinski definition) is 1. The van der Waals surface area contributed by atoms with Crippen molar-refractivity contribution < 1.29 is 0 Å². The molecule has 0 amide bonds. The summed E-state index contributed by atoms with van der Waals surface area (Å²) in [5.41, 5.74) is 1.28. The van der Waals surface area contributed by atoms with Crippen molar-refractivity contribution in [1.82, 2.24) is 0 Å². The molecule has 2 rings (SSSR count). The SMILES string of the molecule is Cc1cc2c(Br)csc2cc1Br. The molecule has 0 saturated heterocycles. The Hall–Kier alpha value is 0.140. The van der Waals surface area contributed by atoms with Crippen LogP contribution in [0, 0.1) is 6.92 Å². The van der Waals surface area contributed by atoms with Crippen LogP contribution in [-0.4, -0.2) is 0 Å². The van der Waals surface area contributed by atoms with Gasteiger partial charge in [0.05, 0.1) is 0 Å². The molecule has 0 unspecified atom stereocenters. The van der Waals surface area contributed by atoms with Crippen LogP contribution in [0.2, 0.25) is 0 Å². The van der Waals surface area contributed by atoms with Crippen LogP contribution >= 0.6 is 43.2 Å². The summed E-state index contributed by atoms with van der Waals surface area (Å²) < 4.78 is 3.70. The lowest BCUT2D eigenvalue weighted by molar-refractivity contribution is 1.47. The van der Waals surface area contributed by atoms with Crippen molar-refractivity contribution in [2.45, 2.75) is 6.92 Å². The van der Waals surface area contributed by atoms with Crippen LogP contribution in [0.25, 0.3) is 10.1 Å². The highest BCUT2D eigenvalue weighted by Gasteiger charge is 2.03. The molecule has 0 aliphatic rings. The van der Waals surface area contributed by atoms with Crippen LogP contribution in [0.5, 0.6) is 0 Å². The van der Waals surface area contributed by atoms with Crippen molar-refractivity contribution in [2.24, 2.45) is 0 Å². The lowest BCUT2D eigenvalue weighted by Crippen LogP contribution is -1.73. The molecule has 0 fully saturated rings. The average molecular weight is 306 g/mol. The fourth-order valence-corrected chi connectivity index (χ4v) is 3.20. The van der Waals surface area contributed by atoms with Crippen molar-refractivity contribution in [2.75, 3.05) is 0 Å². The molecule has 0 aliphatic carbocycles. The van der Waals surface area contributed by atoms with E-state index in [0.717, 1.165) is 0 Å². The van der Waals surface area contributed by atoms with Crippen LogP contribution in [-0.2, 0) is 0 Å². The van der Waals surface area contributed by atoms with Gasteiger partial charge in [0.1, 0.15) is 0 Å². The lowest BCUT2D eigenvalue weighted by Gasteiger charge is -1.97. The van der Waals surface area contributed by atoms with Crippen LogP contribution in [0.1, 0.15) is 5.56 Å². The van der Waals surface area contributed by atoms with Gasteiger partial charge in [-0.15, -0.1) is 11.3 Å². The first-order valence-corrected chi connectivity index (χ1v) is 5.98. The van der Waals surface area contributed by atoms with Gasteiger partial charge in [-0.05, 0) is 40.5 Å². The first-order chi connectivity index (χ1) is 5.68. The molecular weight excluding hydrogens is 300 g/mol. The average Bonchev–Trinajstić information content (AvgIpc) is 2.35. The zero-order valence-electron chi connectivity index (χ0n) is 6.40. The summed E-state index contributed by atoms with van der Waals surface area (Å²) in [6.45, 7) is 2.10. The number of aryl methyl sites for hydroxylation is 1. The van der Waals surface area contributed by atoms with E-state index in [-0.39, 0.29) is 0 Å². The number of rotatable bonds is 0. The molecule has 62 valence electrons. The summed E-state index contributed by atoms with van der Waals surface area (Å²) in [5, 5.41) is 3.43. The topological polar surface area (TPSA) is 0 Å². The van der Waals surface area contributed by atoms with E-state index in [2.05, 4.69) is 56.3 Å². The van der Waals surface area contributed by atoms with Crippen molar-refractivity contribution in [3.8, 4) is 0 Å². The Kier molecular flexibility index (Phi) is 2.27. The van der Waals surface area contributed by atoms with Gasteiger partial charge < -0.3 is 0 Å². The molecule has 0 N–H and O–H groups in total. The number of benzene rings is 1. The molecule has 2 aromatic rings. The summed E-state index contributed by atoms with van der Waals surface area (Å²) in [5.74, 6) is 0. The van der Waals surface area contributed by atoms with Crippen molar-refractivity contribution in [1.29, 1.82) is 0 Å². The quantitative estimate of drug-likeness (QED) is 0.660. The van der Waals surface area contributed by atoms with Gasteiger partial charge in [-0.1, -0.05) is 15.9 Å². The molecule has 0 saturated carbocycles. The lowest BCUT2D eigenvalue weighted by atomic mass is 10.2. The minimum absolute atomic E-state index is 1.18. The predicted molar refractivity (Wildman–Crippen MR) is 62.0 cm³/mol. The highest BCUT2D eigenvalue weighted by atomic mass is 79.9. The Morgan fingerprint density at radius 3 is 2.67 bits per heavy atom. The Labute approximate surface area is 91.9 Å². The Bertz CT molecular complexity index is 431. The Morgan fingerprint density at radius 2 is 1.92 bits per heavy atom. The maximum atomic E-state index is 3.52. The summed E-state index contributed by atoms with van der Waals surface area (Å²) in [4.78, 5) is 0. The van der Waals surface area contributed by atoms with Crippen LogP contribution in [0.15, 0.2) is 26.5 Å². The van der Waals surface area contributed by atoms with Gasteiger partial charge in [0.25, 0.3) is 0 Å². The smallest absolute Gasteiger partial charge is 0.0365 e. The van der Waals surface area contributed by atoms with E-state index >= 15 is 0 Å². The zero-order valence-corrected chi connectivity index (χ0v) is 10.4. The molecule has 0 aliphatic heterocycles. The largest absolute Gasteiger partial charge is 0.143 e. The Morgan fingerprint density at radius 1 is 1.17 bits per heavy atom.